The Kier molecular flexibility index (Phi) is 8.55. The molecule has 176 valence electrons. The lowest BCUT2D eigenvalue weighted by Gasteiger charge is -2.17. The molecule has 4 aromatic rings. The minimum atomic E-state index is -0.833. The highest BCUT2D eigenvalue weighted by atomic mass is 16.5. The second kappa shape index (κ2) is 11.3. The highest BCUT2D eigenvalue weighted by Gasteiger charge is 2.18. The van der Waals surface area contributed by atoms with E-state index in [1.165, 1.54) is 13.0 Å². The minimum absolute atomic E-state index is 0.00334. The number of benzene rings is 4. The molecule has 0 heterocycles. The lowest BCUT2D eigenvalue weighted by atomic mass is 9.90. The molecule has 4 rings (SSSR count). The van der Waals surface area contributed by atoms with Gasteiger partial charge < -0.3 is 25.2 Å². The Labute approximate surface area is 195 Å². The summed E-state index contributed by atoms with van der Waals surface area (Å²) in [5, 5.41) is 38.2. The van der Waals surface area contributed by atoms with Crippen LogP contribution in [0.1, 0.15) is 20.8 Å². The molecule has 0 amide bonds. The molecule has 0 fully saturated rings. The zero-order chi connectivity index (χ0) is 25.4. The maximum atomic E-state index is 11.7. The number of rotatable bonds is 2. The summed E-state index contributed by atoms with van der Waals surface area (Å²) in [5.74, 6) is -1.57. The van der Waals surface area contributed by atoms with Gasteiger partial charge in [-0.3, -0.25) is 14.4 Å². The predicted octanol–water partition coefficient (Wildman–Crippen LogP) is 5.18. The maximum absolute atomic E-state index is 11.7. The fourth-order valence-corrected chi connectivity index (χ4v) is 3.36. The number of hydrogen-bond acceptors (Lipinski definition) is 6. The Hall–Kier alpha value is -4.59. The van der Waals surface area contributed by atoms with Gasteiger partial charge in [0.05, 0.1) is 0 Å². The summed E-state index contributed by atoms with van der Waals surface area (Å²) in [6, 6.07) is 19.7. The third kappa shape index (κ3) is 6.46. The van der Waals surface area contributed by atoms with Gasteiger partial charge >= 0.3 is 5.97 Å². The molecule has 34 heavy (non-hydrogen) atoms. The Bertz CT molecular complexity index is 1280. The first kappa shape index (κ1) is 25.7. The van der Waals surface area contributed by atoms with Crippen LogP contribution in [0.25, 0.3) is 32.7 Å². The monoisotopic (exact) mass is 464 g/mol. The fourth-order valence-electron chi connectivity index (χ4n) is 3.36. The van der Waals surface area contributed by atoms with Gasteiger partial charge in [0.2, 0.25) is 0 Å². The van der Waals surface area contributed by atoms with Crippen LogP contribution >= 0.6 is 0 Å². The molecule has 0 saturated heterocycles. The van der Waals surface area contributed by atoms with E-state index in [2.05, 4.69) is 0 Å². The van der Waals surface area contributed by atoms with E-state index in [0.717, 1.165) is 41.0 Å². The Morgan fingerprint density at radius 1 is 0.676 bits per heavy atom. The minimum Gasteiger partial charge on any atom is -0.508 e. The van der Waals surface area contributed by atoms with E-state index in [4.69, 9.17) is 24.5 Å². The second-order valence-corrected chi connectivity index (χ2v) is 7.13. The van der Waals surface area contributed by atoms with Gasteiger partial charge in [-0.15, -0.1) is 0 Å². The van der Waals surface area contributed by atoms with Crippen LogP contribution in [0, 0.1) is 0 Å². The van der Waals surface area contributed by atoms with Crippen molar-refractivity contribution in [1.29, 1.82) is 0 Å². The van der Waals surface area contributed by atoms with Gasteiger partial charge in [0.15, 0.2) is 0 Å². The summed E-state index contributed by atoms with van der Waals surface area (Å²) in [5.41, 5.74) is 1.43. The van der Waals surface area contributed by atoms with Gasteiger partial charge in [-0.05, 0) is 22.9 Å². The topological polar surface area (TPSA) is 141 Å². The van der Waals surface area contributed by atoms with Crippen LogP contribution in [0.5, 0.6) is 17.2 Å². The normalized spacial score (nSPS) is 9.85. The molecule has 0 aliphatic carbocycles. The number of esters is 1. The van der Waals surface area contributed by atoms with E-state index < -0.39 is 11.9 Å². The van der Waals surface area contributed by atoms with Crippen LogP contribution in [0.3, 0.4) is 0 Å². The molecule has 8 heteroatoms. The highest BCUT2D eigenvalue weighted by Crippen LogP contribution is 2.45. The molecule has 0 aliphatic rings. The van der Waals surface area contributed by atoms with Crippen LogP contribution in [0.2, 0.25) is 0 Å². The van der Waals surface area contributed by atoms with Crippen molar-refractivity contribution in [2.75, 3.05) is 0 Å². The first-order valence-electron chi connectivity index (χ1n) is 10.1. The lowest BCUT2D eigenvalue weighted by molar-refractivity contribution is -0.135. The third-order valence-corrected chi connectivity index (χ3v) is 4.38. The van der Waals surface area contributed by atoms with Crippen molar-refractivity contribution in [2.24, 2.45) is 0 Å². The summed E-state index contributed by atoms with van der Waals surface area (Å²) in [6.45, 7) is 3.54. The fraction of sp³-hybridized carbons (Fsp3) is 0.115. The van der Waals surface area contributed by atoms with Crippen LogP contribution in [-0.4, -0.2) is 38.3 Å². The van der Waals surface area contributed by atoms with Crippen molar-refractivity contribution in [1.82, 2.24) is 0 Å². The number of aliphatic carboxylic acids is 2. The lowest BCUT2D eigenvalue weighted by Crippen LogP contribution is -2.03. The van der Waals surface area contributed by atoms with Crippen molar-refractivity contribution < 1.29 is 39.5 Å². The number of carboxylic acid groups (broad SMARTS) is 2. The number of carbonyl (C=O) groups excluding carboxylic acids is 1. The summed E-state index contributed by atoms with van der Waals surface area (Å²) in [4.78, 5) is 29.7. The molecule has 8 nitrogen and oxygen atoms in total. The van der Waals surface area contributed by atoms with Gasteiger partial charge in [-0.25, -0.2) is 0 Å². The Balaban J connectivity index is 0.000000446. The molecule has 0 unspecified atom stereocenters. The summed E-state index contributed by atoms with van der Waals surface area (Å²) in [7, 11) is 0. The summed E-state index contributed by atoms with van der Waals surface area (Å²) >= 11 is 0. The molecular weight excluding hydrogens is 440 g/mol. The maximum Gasteiger partial charge on any atom is 0.308 e. The molecule has 0 bridgehead atoms. The number of carbonyl (C=O) groups is 3. The first-order valence-corrected chi connectivity index (χ1v) is 10.1. The molecule has 4 aromatic carbocycles. The van der Waals surface area contributed by atoms with E-state index in [0.29, 0.717) is 11.3 Å². The quantitative estimate of drug-likeness (QED) is 0.181. The molecule has 0 aliphatic heterocycles. The summed E-state index contributed by atoms with van der Waals surface area (Å²) in [6.07, 6.45) is 0. The number of ether oxygens (including phenoxy) is 1. The van der Waals surface area contributed by atoms with E-state index in [9.17, 15) is 15.0 Å². The zero-order valence-corrected chi connectivity index (χ0v) is 18.8. The van der Waals surface area contributed by atoms with E-state index in [-0.39, 0.29) is 17.5 Å². The Morgan fingerprint density at radius 3 is 1.47 bits per heavy atom. The number of phenolic OH excluding ortho intramolecular Hbond substituents is 2. The number of hydrogen-bond donors (Lipinski definition) is 4. The van der Waals surface area contributed by atoms with Crippen LogP contribution < -0.4 is 4.74 Å². The molecular formula is C26H24O8. The van der Waals surface area contributed by atoms with Crippen LogP contribution in [0.15, 0.2) is 66.7 Å². The predicted molar refractivity (Wildman–Crippen MR) is 128 cm³/mol. The number of carboxylic acids is 2. The van der Waals surface area contributed by atoms with Crippen LogP contribution in [-0.2, 0) is 14.4 Å². The van der Waals surface area contributed by atoms with Crippen molar-refractivity contribution in [3.63, 3.8) is 0 Å². The van der Waals surface area contributed by atoms with E-state index in [1.807, 2.05) is 48.5 Å². The smallest absolute Gasteiger partial charge is 0.308 e. The average Bonchev–Trinajstić information content (AvgIpc) is 2.73. The van der Waals surface area contributed by atoms with Gasteiger partial charge in [0.1, 0.15) is 17.2 Å². The molecule has 0 atom stereocenters. The van der Waals surface area contributed by atoms with E-state index in [1.54, 1.807) is 12.1 Å². The van der Waals surface area contributed by atoms with Crippen LogP contribution in [0.4, 0.5) is 0 Å². The molecule has 0 spiro atoms. The third-order valence-electron chi connectivity index (χ3n) is 4.38. The number of fused-ring (bicyclic) bond motifs is 2. The molecule has 0 radical (unpaired) electrons. The standard InChI is InChI=1S/C22H16O4.2C2H4O2/c1-13(23)26-22-17-8-4-2-6-15(17)21(16-7-3-5-9-18(16)22)19-11-10-14(24)12-20(19)25;2*1-2(3)4/h2-12,24-25H,1H3;2*1H3,(H,3,4). The van der Waals surface area contributed by atoms with Crippen molar-refractivity contribution >= 4 is 39.5 Å². The van der Waals surface area contributed by atoms with Gasteiger partial charge in [0, 0.05) is 48.7 Å². The van der Waals surface area contributed by atoms with Gasteiger partial charge in [0.25, 0.3) is 11.9 Å². The first-order chi connectivity index (χ1) is 16.0. The number of phenols is 2. The van der Waals surface area contributed by atoms with Crippen molar-refractivity contribution in [3.8, 4) is 28.4 Å². The largest absolute Gasteiger partial charge is 0.508 e. The molecule has 4 N–H and O–H groups in total. The van der Waals surface area contributed by atoms with Gasteiger partial charge in [-0.2, -0.15) is 0 Å². The molecule has 0 aromatic heterocycles. The Morgan fingerprint density at radius 2 is 1.09 bits per heavy atom. The second-order valence-electron chi connectivity index (χ2n) is 7.13. The van der Waals surface area contributed by atoms with Gasteiger partial charge in [-0.1, -0.05) is 48.5 Å². The zero-order valence-electron chi connectivity index (χ0n) is 18.8. The molecule has 0 saturated carbocycles. The van der Waals surface area contributed by atoms with Crippen molar-refractivity contribution in [2.45, 2.75) is 20.8 Å². The summed E-state index contributed by atoms with van der Waals surface area (Å²) < 4.78 is 5.54. The average molecular weight is 464 g/mol. The highest BCUT2D eigenvalue weighted by molar-refractivity contribution is 6.18. The SMILES string of the molecule is CC(=O)O.CC(=O)O.CC(=O)Oc1c2ccccc2c(-c2ccc(O)cc2O)c2ccccc12. The van der Waals surface area contributed by atoms with E-state index >= 15 is 0 Å². The van der Waals surface area contributed by atoms with Crippen molar-refractivity contribution in [3.05, 3.63) is 66.7 Å². The number of aromatic hydroxyl groups is 2.